The molecule has 4 heteroatoms. The third kappa shape index (κ3) is 4.63. The van der Waals surface area contributed by atoms with Crippen LogP contribution in [0.3, 0.4) is 0 Å². The van der Waals surface area contributed by atoms with Crippen LogP contribution >= 0.6 is 0 Å². The van der Waals surface area contributed by atoms with E-state index in [0.717, 1.165) is 26.1 Å². The molecule has 0 N–H and O–H groups in total. The minimum Gasteiger partial charge on any atom is -0.368 e. The SMILES string of the molecule is CCCN(CCN(C)C)c1ccc(C(C)=O)cc1F. The van der Waals surface area contributed by atoms with Crippen LogP contribution in [0.1, 0.15) is 30.6 Å². The summed E-state index contributed by atoms with van der Waals surface area (Å²) in [6, 6.07) is 4.73. The molecule has 3 nitrogen and oxygen atoms in total. The molecule has 1 aromatic carbocycles. The van der Waals surface area contributed by atoms with Crippen LogP contribution in [0.4, 0.5) is 10.1 Å². The van der Waals surface area contributed by atoms with Crippen molar-refractivity contribution in [1.82, 2.24) is 4.90 Å². The number of hydrogen-bond donors (Lipinski definition) is 0. The van der Waals surface area contributed by atoms with Crippen molar-refractivity contribution in [1.29, 1.82) is 0 Å². The van der Waals surface area contributed by atoms with Crippen LogP contribution in [0.5, 0.6) is 0 Å². The van der Waals surface area contributed by atoms with Crippen LogP contribution in [-0.2, 0) is 0 Å². The number of carbonyl (C=O) groups excluding carboxylic acids is 1. The van der Waals surface area contributed by atoms with Gasteiger partial charge in [0.2, 0.25) is 0 Å². The summed E-state index contributed by atoms with van der Waals surface area (Å²) in [5, 5.41) is 0. The summed E-state index contributed by atoms with van der Waals surface area (Å²) in [6.07, 6.45) is 0.960. The molecule has 0 amide bonds. The maximum Gasteiger partial charge on any atom is 0.159 e. The first-order valence-electron chi connectivity index (χ1n) is 6.65. The molecule has 0 saturated carbocycles. The van der Waals surface area contributed by atoms with Crippen LogP contribution in [0.25, 0.3) is 0 Å². The van der Waals surface area contributed by atoms with E-state index in [0.29, 0.717) is 11.3 Å². The molecule has 0 fully saturated rings. The predicted octanol–water partition coefficient (Wildman–Crippen LogP) is 2.81. The van der Waals surface area contributed by atoms with Gasteiger partial charge in [0.05, 0.1) is 5.69 Å². The molecular formula is C15H23FN2O. The van der Waals surface area contributed by atoms with Gasteiger partial charge in [0.25, 0.3) is 0 Å². The normalized spacial score (nSPS) is 10.8. The van der Waals surface area contributed by atoms with Gasteiger partial charge in [-0.25, -0.2) is 4.39 Å². The fourth-order valence-electron chi connectivity index (χ4n) is 1.93. The quantitative estimate of drug-likeness (QED) is 0.709. The fourth-order valence-corrected chi connectivity index (χ4v) is 1.93. The molecule has 0 spiro atoms. The van der Waals surface area contributed by atoms with Crippen molar-refractivity contribution in [3.63, 3.8) is 0 Å². The number of benzene rings is 1. The van der Waals surface area contributed by atoms with E-state index in [1.54, 1.807) is 12.1 Å². The molecule has 0 saturated heterocycles. The molecule has 0 radical (unpaired) electrons. The molecule has 106 valence electrons. The Kier molecular flexibility index (Phi) is 5.96. The summed E-state index contributed by atoms with van der Waals surface area (Å²) >= 11 is 0. The lowest BCUT2D eigenvalue weighted by atomic mass is 10.1. The van der Waals surface area contributed by atoms with Crippen molar-refractivity contribution in [2.75, 3.05) is 38.6 Å². The molecule has 1 rings (SSSR count). The summed E-state index contributed by atoms with van der Waals surface area (Å²) in [5.74, 6) is -0.430. The van der Waals surface area contributed by atoms with Crippen molar-refractivity contribution in [2.45, 2.75) is 20.3 Å². The maximum atomic E-state index is 14.1. The van der Waals surface area contributed by atoms with Crippen molar-refractivity contribution in [2.24, 2.45) is 0 Å². The number of hydrogen-bond acceptors (Lipinski definition) is 3. The number of ketones is 1. The van der Waals surface area contributed by atoms with Gasteiger partial charge in [-0.15, -0.1) is 0 Å². The number of carbonyl (C=O) groups is 1. The van der Waals surface area contributed by atoms with Gasteiger partial charge in [0, 0.05) is 25.2 Å². The van der Waals surface area contributed by atoms with E-state index in [-0.39, 0.29) is 11.6 Å². The van der Waals surface area contributed by atoms with Crippen LogP contribution in [0.2, 0.25) is 0 Å². The third-order valence-corrected chi connectivity index (χ3v) is 3.01. The molecule has 1 aromatic rings. The van der Waals surface area contributed by atoms with Crippen molar-refractivity contribution in [3.8, 4) is 0 Å². The number of likely N-dealkylation sites (N-methyl/N-ethyl adjacent to an activating group) is 1. The minimum atomic E-state index is -0.320. The Morgan fingerprint density at radius 2 is 1.89 bits per heavy atom. The minimum absolute atomic E-state index is 0.110. The van der Waals surface area contributed by atoms with Gasteiger partial charge >= 0.3 is 0 Å². The Hall–Kier alpha value is -1.42. The van der Waals surface area contributed by atoms with Crippen LogP contribution in [0.15, 0.2) is 18.2 Å². The number of rotatable bonds is 7. The summed E-state index contributed by atoms with van der Waals surface area (Å²) in [4.78, 5) is 15.3. The first-order valence-corrected chi connectivity index (χ1v) is 6.65. The van der Waals surface area contributed by atoms with Crippen LogP contribution < -0.4 is 4.90 Å². The molecule has 0 atom stereocenters. The second kappa shape index (κ2) is 7.24. The lowest BCUT2D eigenvalue weighted by Gasteiger charge is -2.26. The van der Waals surface area contributed by atoms with Crippen molar-refractivity contribution in [3.05, 3.63) is 29.6 Å². The second-order valence-electron chi connectivity index (χ2n) is 5.01. The summed E-state index contributed by atoms with van der Waals surface area (Å²) in [7, 11) is 4.00. The zero-order valence-electron chi connectivity index (χ0n) is 12.2. The summed E-state index contributed by atoms with van der Waals surface area (Å²) in [5.41, 5.74) is 0.999. The van der Waals surface area contributed by atoms with E-state index < -0.39 is 0 Å². The summed E-state index contributed by atoms with van der Waals surface area (Å²) < 4.78 is 14.1. The smallest absolute Gasteiger partial charge is 0.159 e. The standard InChI is InChI=1S/C15H23FN2O/c1-5-8-18(10-9-17(3)4)15-7-6-13(12(2)19)11-14(15)16/h6-7,11H,5,8-10H2,1-4H3. The lowest BCUT2D eigenvalue weighted by Crippen LogP contribution is -2.33. The number of anilines is 1. The zero-order chi connectivity index (χ0) is 14.4. The number of nitrogens with zero attached hydrogens (tertiary/aromatic N) is 2. The molecule has 0 aromatic heterocycles. The van der Waals surface area contributed by atoms with Gasteiger partial charge in [0.1, 0.15) is 5.82 Å². The third-order valence-electron chi connectivity index (χ3n) is 3.01. The second-order valence-corrected chi connectivity index (χ2v) is 5.01. The van der Waals surface area contributed by atoms with Gasteiger partial charge < -0.3 is 9.80 Å². The largest absolute Gasteiger partial charge is 0.368 e. The van der Waals surface area contributed by atoms with E-state index in [1.165, 1.54) is 13.0 Å². The zero-order valence-corrected chi connectivity index (χ0v) is 12.2. The van der Waals surface area contributed by atoms with E-state index in [4.69, 9.17) is 0 Å². The fraction of sp³-hybridized carbons (Fsp3) is 0.533. The Morgan fingerprint density at radius 1 is 1.21 bits per heavy atom. The van der Waals surface area contributed by atoms with Gasteiger partial charge in [-0.1, -0.05) is 6.92 Å². The van der Waals surface area contributed by atoms with Crippen molar-refractivity contribution < 1.29 is 9.18 Å². The topological polar surface area (TPSA) is 23.6 Å². The first-order chi connectivity index (χ1) is 8.95. The maximum absolute atomic E-state index is 14.1. The lowest BCUT2D eigenvalue weighted by molar-refractivity contribution is 0.101. The Morgan fingerprint density at radius 3 is 2.37 bits per heavy atom. The van der Waals surface area contributed by atoms with Crippen LogP contribution in [-0.4, -0.2) is 44.4 Å². The monoisotopic (exact) mass is 266 g/mol. The molecule has 0 aliphatic heterocycles. The van der Waals surface area contributed by atoms with Gasteiger partial charge in [-0.3, -0.25) is 4.79 Å². The Bertz CT molecular complexity index is 432. The molecular weight excluding hydrogens is 243 g/mol. The Balaban J connectivity index is 2.92. The first kappa shape index (κ1) is 15.6. The van der Waals surface area contributed by atoms with Crippen molar-refractivity contribution >= 4 is 11.5 Å². The molecule has 0 heterocycles. The summed E-state index contributed by atoms with van der Waals surface area (Å²) in [6.45, 7) is 5.98. The molecule has 0 unspecified atom stereocenters. The van der Waals surface area contributed by atoms with Gasteiger partial charge in [-0.05, 0) is 45.6 Å². The van der Waals surface area contributed by atoms with Gasteiger partial charge in [0.15, 0.2) is 5.78 Å². The highest BCUT2D eigenvalue weighted by Gasteiger charge is 2.12. The molecule has 0 aliphatic rings. The Labute approximate surface area is 115 Å². The van der Waals surface area contributed by atoms with E-state index in [1.807, 2.05) is 19.0 Å². The highest BCUT2D eigenvalue weighted by Crippen LogP contribution is 2.21. The van der Waals surface area contributed by atoms with Gasteiger partial charge in [-0.2, -0.15) is 0 Å². The predicted molar refractivity (Wildman–Crippen MR) is 77.5 cm³/mol. The number of halogens is 1. The number of Topliss-reactive ketones (excluding diaryl/α,β-unsaturated/α-hetero) is 1. The van der Waals surface area contributed by atoms with E-state index >= 15 is 0 Å². The average molecular weight is 266 g/mol. The molecule has 0 aliphatic carbocycles. The highest BCUT2D eigenvalue weighted by molar-refractivity contribution is 5.94. The molecule has 0 bridgehead atoms. The average Bonchev–Trinajstić information content (AvgIpc) is 2.34. The van der Waals surface area contributed by atoms with E-state index in [9.17, 15) is 9.18 Å². The highest BCUT2D eigenvalue weighted by atomic mass is 19.1. The van der Waals surface area contributed by atoms with Crippen LogP contribution in [0, 0.1) is 5.82 Å². The molecule has 19 heavy (non-hydrogen) atoms. The van der Waals surface area contributed by atoms with E-state index in [2.05, 4.69) is 11.8 Å².